The average molecular weight is 597 g/mol. The monoisotopic (exact) mass is 596 g/mol. The summed E-state index contributed by atoms with van der Waals surface area (Å²) < 4.78 is 6.70. The number of benzene rings is 9. The molecule has 10 rings (SSSR count). The molecule has 0 amide bonds. The van der Waals surface area contributed by atoms with Gasteiger partial charge in [-0.25, -0.2) is 0 Å². The number of hydrogen-bond donors (Lipinski definition) is 0. The first-order valence-electron chi connectivity index (χ1n) is 16.2. The van der Waals surface area contributed by atoms with Crippen LogP contribution >= 0.6 is 0 Å². The number of hydrogen-bond acceptors (Lipinski definition) is 1. The maximum absolute atomic E-state index is 6.70. The fourth-order valence-corrected chi connectivity index (χ4v) is 7.86. The van der Waals surface area contributed by atoms with Crippen LogP contribution in [0.1, 0.15) is 0 Å². The predicted octanol–water partition coefficient (Wildman–Crippen LogP) is 13.2. The summed E-state index contributed by atoms with van der Waals surface area (Å²) in [6.45, 7) is 0. The first-order chi connectivity index (χ1) is 23.3. The van der Waals surface area contributed by atoms with E-state index in [1.165, 1.54) is 65.3 Å². The molecule has 1 heterocycles. The highest BCUT2D eigenvalue weighted by molar-refractivity contribution is 6.26. The summed E-state index contributed by atoms with van der Waals surface area (Å²) in [5.41, 5.74) is 9.02. The van der Waals surface area contributed by atoms with Crippen LogP contribution < -0.4 is 0 Å². The van der Waals surface area contributed by atoms with Gasteiger partial charge in [0.05, 0.1) is 0 Å². The zero-order valence-corrected chi connectivity index (χ0v) is 25.6. The molecule has 1 aromatic heterocycles. The molecule has 10 aromatic rings. The molecule has 0 aliphatic carbocycles. The lowest BCUT2D eigenvalue weighted by Crippen LogP contribution is -1.93. The summed E-state index contributed by atoms with van der Waals surface area (Å²) >= 11 is 0. The van der Waals surface area contributed by atoms with Gasteiger partial charge in [0.25, 0.3) is 0 Å². The Balaban J connectivity index is 1.36. The van der Waals surface area contributed by atoms with Gasteiger partial charge in [-0.2, -0.15) is 0 Å². The summed E-state index contributed by atoms with van der Waals surface area (Å²) in [5, 5.41) is 12.3. The van der Waals surface area contributed by atoms with Crippen molar-refractivity contribution < 1.29 is 4.42 Å². The third-order valence-electron chi connectivity index (χ3n) is 9.87. The van der Waals surface area contributed by atoms with Crippen LogP contribution in [0, 0.1) is 0 Å². The molecule has 0 aliphatic rings. The van der Waals surface area contributed by atoms with E-state index >= 15 is 0 Å². The zero-order chi connectivity index (χ0) is 30.9. The Morgan fingerprint density at radius 2 is 0.830 bits per heavy atom. The molecule has 0 unspecified atom stereocenters. The van der Waals surface area contributed by atoms with Crippen molar-refractivity contribution in [1.29, 1.82) is 0 Å². The van der Waals surface area contributed by atoms with Gasteiger partial charge in [0.15, 0.2) is 0 Å². The molecule has 0 saturated heterocycles. The summed E-state index contributed by atoms with van der Waals surface area (Å²) in [6, 6.07) is 61.5. The van der Waals surface area contributed by atoms with Gasteiger partial charge in [0.2, 0.25) is 0 Å². The summed E-state index contributed by atoms with van der Waals surface area (Å²) in [7, 11) is 0. The van der Waals surface area contributed by atoms with Crippen LogP contribution in [0.25, 0.3) is 98.4 Å². The highest BCUT2D eigenvalue weighted by Crippen LogP contribution is 2.49. The van der Waals surface area contributed by atoms with Crippen LogP contribution in [0.3, 0.4) is 0 Å². The van der Waals surface area contributed by atoms with E-state index in [0.717, 1.165) is 33.1 Å². The first kappa shape index (κ1) is 26.1. The summed E-state index contributed by atoms with van der Waals surface area (Å²) in [5.74, 6) is 0. The van der Waals surface area contributed by atoms with E-state index in [1.54, 1.807) is 0 Å². The largest absolute Gasteiger partial charge is 0.455 e. The van der Waals surface area contributed by atoms with Crippen molar-refractivity contribution in [1.82, 2.24) is 0 Å². The van der Waals surface area contributed by atoms with Crippen molar-refractivity contribution in [3.63, 3.8) is 0 Å². The third-order valence-corrected chi connectivity index (χ3v) is 9.87. The number of fused-ring (bicyclic) bond motifs is 8. The number of furan rings is 1. The van der Waals surface area contributed by atoms with Crippen molar-refractivity contribution in [3.05, 3.63) is 170 Å². The van der Waals surface area contributed by atoms with Gasteiger partial charge in [0, 0.05) is 16.3 Å². The summed E-state index contributed by atoms with van der Waals surface area (Å²) in [6.07, 6.45) is 0. The third kappa shape index (κ3) is 3.84. The number of rotatable bonds is 3. The van der Waals surface area contributed by atoms with Gasteiger partial charge in [0.1, 0.15) is 11.2 Å². The second-order valence-corrected chi connectivity index (χ2v) is 12.4. The minimum Gasteiger partial charge on any atom is -0.455 e. The Morgan fingerprint density at radius 3 is 1.55 bits per heavy atom. The molecule has 47 heavy (non-hydrogen) atoms. The van der Waals surface area contributed by atoms with Crippen molar-refractivity contribution in [2.75, 3.05) is 0 Å². The second-order valence-electron chi connectivity index (χ2n) is 12.4. The normalized spacial score (nSPS) is 11.8. The van der Waals surface area contributed by atoms with Gasteiger partial charge < -0.3 is 4.42 Å². The summed E-state index contributed by atoms with van der Waals surface area (Å²) in [4.78, 5) is 0. The lowest BCUT2D eigenvalue weighted by atomic mass is 9.82. The SMILES string of the molecule is c1ccc(-c2c(-c3c4ccccc4c(-c4cccc5c4ccc4ccccc45)c4ccccc34)ccc3c2oc2ccccc23)cc1. The van der Waals surface area contributed by atoms with E-state index in [9.17, 15) is 0 Å². The number of para-hydroxylation sites is 1. The van der Waals surface area contributed by atoms with E-state index in [-0.39, 0.29) is 0 Å². The molecule has 1 heteroatoms. The van der Waals surface area contributed by atoms with E-state index < -0.39 is 0 Å². The van der Waals surface area contributed by atoms with Crippen molar-refractivity contribution in [2.45, 2.75) is 0 Å². The molecule has 0 spiro atoms. The van der Waals surface area contributed by atoms with E-state index in [2.05, 4.69) is 164 Å². The standard InChI is InChI=1S/C46H28O/c1-2-14-30(15-3-1)43-41(28-27-40-34-17-10-11-24-42(34)47-46(40)43)45-38-20-8-6-18-36(38)44(37-19-7-9-21-39(37)45)35-23-12-22-32-31-16-5-4-13-29(31)25-26-33(32)35/h1-28H. The van der Waals surface area contributed by atoms with Crippen molar-refractivity contribution >= 4 is 65.0 Å². The Bertz CT molecular complexity index is 2780. The molecule has 0 saturated carbocycles. The molecule has 0 bridgehead atoms. The Morgan fingerprint density at radius 1 is 0.277 bits per heavy atom. The minimum atomic E-state index is 0.908. The van der Waals surface area contributed by atoms with Crippen molar-refractivity contribution in [3.8, 4) is 33.4 Å². The van der Waals surface area contributed by atoms with Gasteiger partial charge in [-0.15, -0.1) is 0 Å². The molecule has 1 nitrogen and oxygen atoms in total. The fraction of sp³-hybridized carbons (Fsp3) is 0. The zero-order valence-electron chi connectivity index (χ0n) is 25.6. The van der Waals surface area contributed by atoms with E-state index in [0.29, 0.717) is 0 Å². The Labute approximate surface area is 271 Å². The molecule has 218 valence electrons. The molecule has 0 N–H and O–H groups in total. The highest BCUT2D eigenvalue weighted by Gasteiger charge is 2.23. The lowest BCUT2D eigenvalue weighted by molar-refractivity contribution is 0.670. The Kier molecular flexibility index (Phi) is 5.64. The van der Waals surface area contributed by atoms with E-state index in [1.807, 2.05) is 6.07 Å². The van der Waals surface area contributed by atoms with Gasteiger partial charge in [-0.1, -0.05) is 158 Å². The average Bonchev–Trinajstić information content (AvgIpc) is 3.52. The lowest BCUT2D eigenvalue weighted by Gasteiger charge is -2.20. The van der Waals surface area contributed by atoms with Gasteiger partial charge in [-0.05, 0) is 83.0 Å². The first-order valence-corrected chi connectivity index (χ1v) is 16.2. The van der Waals surface area contributed by atoms with Crippen LogP contribution in [0.2, 0.25) is 0 Å². The van der Waals surface area contributed by atoms with Crippen LogP contribution in [-0.4, -0.2) is 0 Å². The fourth-order valence-electron chi connectivity index (χ4n) is 7.86. The smallest absolute Gasteiger partial charge is 0.143 e. The quantitative estimate of drug-likeness (QED) is 0.146. The van der Waals surface area contributed by atoms with Crippen LogP contribution in [-0.2, 0) is 0 Å². The molecular weight excluding hydrogens is 569 g/mol. The Hall–Kier alpha value is -6.18. The second kappa shape index (κ2) is 10.2. The highest BCUT2D eigenvalue weighted by atomic mass is 16.3. The predicted molar refractivity (Wildman–Crippen MR) is 200 cm³/mol. The van der Waals surface area contributed by atoms with Crippen LogP contribution in [0.5, 0.6) is 0 Å². The molecule has 0 fully saturated rings. The minimum absolute atomic E-state index is 0.908. The molecular formula is C46H28O. The van der Waals surface area contributed by atoms with Crippen LogP contribution in [0.4, 0.5) is 0 Å². The maximum atomic E-state index is 6.70. The molecule has 0 radical (unpaired) electrons. The molecule has 0 aliphatic heterocycles. The van der Waals surface area contributed by atoms with Gasteiger partial charge in [-0.3, -0.25) is 0 Å². The van der Waals surface area contributed by atoms with Gasteiger partial charge >= 0.3 is 0 Å². The molecule has 9 aromatic carbocycles. The van der Waals surface area contributed by atoms with E-state index in [4.69, 9.17) is 4.42 Å². The maximum Gasteiger partial charge on any atom is 0.143 e. The van der Waals surface area contributed by atoms with Crippen molar-refractivity contribution in [2.24, 2.45) is 0 Å². The van der Waals surface area contributed by atoms with Crippen LogP contribution in [0.15, 0.2) is 174 Å². The topological polar surface area (TPSA) is 13.1 Å². The molecule has 0 atom stereocenters.